The Morgan fingerprint density at radius 2 is 1.93 bits per heavy atom. The van der Waals surface area contributed by atoms with E-state index in [9.17, 15) is 27.7 Å². The summed E-state index contributed by atoms with van der Waals surface area (Å²) in [5, 5.41) is 10.5. The largest absolute Gasteiger partial charge is 1.00 e. The number of carboxylic acid groups (broad SMARTS) is 1. The Kier molecular flexibility index (Phi) is 13.5. The molecule has 30 heavy (non-hydrogen) atoms. The van der Waals surface area contributed by atoms with Gasteiger partial charge in [-0.1, -0.05) is 19.9 Å². The van der Waals surface area contributed by atoms with Gasteiger partial charge in [-0.3, -0.25) is 4.79 Å². The third-order valence-corrected chi connectivity index (χ3v) is 5.49. The zero-order valence-electron chi connectivity index (χ0n) is 17.7. The quantitative estimate of drug-likeness (QED) is 0.136. The molecule has 0 saturated carbocycles. The van der Waals surface area contributed by atoms with Gasteiger partial charge in [0.15, 0.2) is 0 Å². The molecule has 4 unspecified atom stereocenters. The summed E-state index contributed by atoms with van der Waals surface area (Å²) in [7, 11) is -4.64. The number of hydrogen-bond acceptors (Lipinski definition) is 9. The molecule has 9 nitrogen and oxygen atoms in total. The summed E-state index contributed by atoms with van der Waals surface area (Å²) in [6.45, 7) is 4.01. The number of carboxylic acids is 1. The van der Waals surface area contributed by atoms with Crippen LogP contribution >= 0.6 is 0 Å². The van der Waals surface area contributed by atoms with E-state index in [1.54, 1.807) is 0 Å². The number of pyridine rings is 1. The normalized spacial score (nSPS) is 18.2. The van der Waals surface area contributed by atoms with Crippen molar-refractivity contribution in [2.45, 2.75) is 50.2 Å². The molecular formula is C18H23NNa2O8S. The molecule has 1 aromatic rings. The second kappa shape index (κ2) is 13.5. The molecule has 0 amide bonds. The Balaban J connectivity index is 0.00000420. The van der Waals surface area contributed by atoms with Gasteiger partial charge in [0.1, 0.15) is 27.9 Å². The summed E-state index contributed by atoms with van der Waals surface area (Å²) < 4.78 is 43.3. The maximum absolute atomic E-state index is 12.5. The SMILES string of the molecule is CCC(CC(CC(C)C(=O)[O-])C(=O)OCC1CO1)c1ccc(S(=O)(=O)[O-])nc1.[Na+].[Na+]. The van der Waals surface area contributed by atoms with Gasteiger partial charge in [0.25, 0.3) is 0 Å². The number of epoxide rings is 1. The van der Waals surface area contributed by atoms with Crippen LogP contribution in [-0.4, -0.2) is 49.2 Å². The Bertz CT molecular complexity index is 799. The van der Waals surface area contributed by atoms with Crippen LogP contribution in [0.4, 0.5) is 0 Å². The molecule has 1 aliphatic rings. The average Bonchev–Trinajstić information content (AvgIpc) is 3.46. The van der Waals surface area contributed by atoms with Gasteiger partial charge in [0, 0.05) is 12.2 Å². The minimum Gasteiger partial charge on any atom is -0.743 e. The third kappa shape index (κ3) is 9.62. The van der Waals surface area contributed by atoms with Crippen LogP contribution in [0.2, 0.25) is 0 Å². The van der Waals surface area contributed by atoms with Crippen LogP contribution < -0.4 is 64.2 Å². The molecule has 2 heterocycles. The number of hydrogen-bond donors (Lipinski definition) is 0. The van der Waals surface area contributed by atoms with E-state index in [1.165, 1.54) is 19.2 Å². The summed E-state index contributed by atoms with van der Waals surface area (Å²) in [4.78, 5) is 27.3. The van der Waals surface area contributed by atoms with E-state index in [4.69, 9.17) is 9.47 Å². The van der Waals surface area contributed by atoms with Gasteiger partial charge in [-0.2, -0.15) is 0 Å². The predicted octanol–water partition coefficient (Wildman–Crippen LogP) is -5.79. The molecule has 1 saturated heterocycles. The van der Waals surface area contributed by atoms with Crippen LogP contribution in [0.25, 0.3) is 0 Å². The predicted molar refractivity (Wildman–Crippen MR) is 92.8 cm³/mol. The number of aromatic nitrogens is 1. The fraction of sp³-hybridized carbons (Fsp3) is 0.611. The van der Waals surface area contributed by atoms with Crippen LogP contribution in [0.3, 0.4) is 0 Å². The van der Waals surface area contributed by atoms with Crippen molar-refractivity contribution in [1.29, 1.82) is 0 Å². The average molecular weight is 459 g/mol. The van der Waals surface area contributed by atoms with Crippen molar-refractivity contribution in [2.24, 2.45) is 11.8 Å². The van der Waals surface area contributed by atoms with Gasteiger partial charge >= 0.3 is 65.1 Å². The molecule has 1 fully saturated rings. The van der Waals surface area contributed by atoms with Crippen molar-refractivity contribution in [3.05, 3.63) is 23.9 Å². The van der Waals surface area contributed by atoms with Crippen LogP contribution in [0.1, 0.15) is 44.6 Å². The number of ether oxygens (including phenoxy) is 2. The second-order valence-electron chi connectivity index (χ2n) is 6.96. The monoisotopic (exact) mass is 459 g/mol. The molecule has 156 valence electrons. The maximum atomic E-state index is 12.5. The molecule has 0 radical (unpaired) electrons. The van der Waals surface area contributed by atoms with E-state index >= 15 is 0 Å². The third-order valence-electron chi connectivity index (χ3n) is 4.74. The maximum Gasteiger partial charge on any atom is 1.00 e. The molecule has 1 aliphatic heterocycles. The van der Waals surface area contributed by atoms with E-state index < -0.39 is 38.9 Å². The number of rotatable bonds is 11. The first-order valence-corrected chi connectivity index (χ1v) is 10.4. The second-order valence-corrected chi connectivity index (χ2v) is 8.29. The number of aliphatic carboxylic acids is 1. The number of esters is 1. The van der Waals surface area contributed by atoms with E-state index in [1.807, 2.05) is 6.92 Å². The van der Waals surface area contributed by atoms with Gasteiger partial charge in [-0.25, -0.2) is 13.4 Å². The molecule has 0 aromatic carbocycles. The topological polar surface area (TPSA) is 149 Å². The fourth-order valence-corrected chi connectivity index (χ4v) is 3.35. The van der Waals surface area contributed by atoms with Crippen molar-refractivity contribution in [3.63, 3.8) is 0 Å². The summed E-state index contributed by atoms with van der Waals surface area (Å²) in [5.74, 6) is -3.46. The number of carbonyl (C=O) groups is 2. The summed E-state index contributed by atoms with van der Waals surface area (Å²) in [6, 6.07) is 2.61. The molecule has 0 aliphatic carbocycles. The van der Waals surface area contributed by atoms with Crippen molar-refractivity contribution in [1.82, 2.24) is 4.98 Å². The van der Waals surface area contributed by atoms with E-state index in [0.29, 0.717) is 25.0 Å². The standard InChI is InChI=1S/C18H25NO8S.2Na/c1-3-12(13-4-5-16(19-8-13)28(23,24)25)7-14(6-11(2)17(20)21)18(22)27-10-15-9-26-15;;/h4-5,8,11-12,14-15H,3,6-7,9-10H2,1-2H3,(H,20,21)(H,23,24,25);;/q;2*+1/p-2. The molecule has 0 N–H and O–H groups in total. The minimum atomic E-state index is -4.64. The van der Waals surface area contributed by atoms with Gasteiger partial charge in [-0.15, -0.1) is 0 Å². The minimum absolute atomic E-state index is 0. The van der Waals surface area contributed by atoms with Crippen LogP contribution in [0.15, 0.2) is 23.4 Å². The Hall–Kier alpha value is -0.0400. The van der Waals surface area contributed by atoms with E-state index in [-0.39, 0.29) is 84.2 Å². The zero-order valence-corrected chi connectivity index (χ0v) is 22.5. The van der Waals surface area contributed by atoms with E-state index in [2.05, 4.69) is 4.98 Å². The zero-order chi connectivity index (χ0) is 20.9. The molecule has 0 spiro atoms. The van der Waals surface area contributed by atoms with Crippen LogP contribution in [0.5, 0.6) is 0 Å². The smallest absolute Gasteiger partial charge is 0.743 e. The van der Waals surface area contributed by atoms with Gasteiger partial charge < -0.3 is 23.9 Å². The van der Waals surface area contributed by atoms with Crippen molar-refractivity contribution in [3.8, 4) is 0 Å². The first kappa shape index (κ1) is 30.0. The van der Waals surface area contributed by atoms with Crippen LogP contribution in [0, 0.1) is 11.8 Å². The Morgan fingerprint density at radius 3 is 2.37 bits per heavy atom. The molecule has 1 aromatic heterocycles. The van der Waals surface area contributed by atoms with Crippen LogP contribution in [-0.2, 0) is 29.2 Å². The molecule has 4 atom stereocenters. The van der Waals surface area contributed by atoms with Crippen molar-refractivity contribution >= 4 is 22.1 Å². The summed E-state index contributed by atoms with van der Waals surface area (Å²) >= 11 is 0. The molecular weight excluding hydrogens is 436 g/mol. The summed E-state index contributed by atoms with van der Waals surface area (Å²) in [6.07, 6.45) is 2.14. The Morgan fingerprint density at radius 1 is 1.30 bits per heavy atom. The van der Waals surface area contributed by atoms with Crippen molar-refractivity contribution in [2.75, 3.05) is 13.2 Å². The van der Waals surface area contributed by atoms with E-state index in [0.717, 1.165) is 6.07 Å². The van der Waals surface area contributed by atoms with Gasteiger partial charge in [-0.05, 0) is 42.7 Å². The first-order valence-electron chi connectivity index (χ1n) is 9.02. The fourth-order valence-electron chi connectivity index (χ4n) is 2.93. The number of nitrogens with zero attached hydrogens (tertiary/aromatic N) is 1. The van der Waals surface area contributed by atoms with Gasteiger partial charge in [0.05, 0.1) is 12.5 Å². The van der Waals surface area contributed by atoms with Crippen molar-refractivity contribution < 1.29 is 96.3 Å². The Labute approximate surface area is 220 Å². The molecule has 2 rings (SSSR count). The summed E-state index contributed by atoms with van der Waals surface area (Å²) in [5.41, 5.74) is 0.652. The first-order chi connectivity index (χ1) is 13.1. The van der Waals surface area contributed by atoms with Gasteiger partial charge in [0.2, 0.25) is 0 Å². The number of carbonyl (C=O) groups excluding carboxylic acids is 2. The molecule has 0 bridgehead atoms. The molecule has 12 heteroatoms.